The number of piperazine rings is 1. The average molecular weight is 362 g/mol. The molecule has 0 aromatic carbocycles. The monoisotopic (exact) mass is 362 g/mol. The van der Waals surface area contributed by atoms with Crippen molar-refractivity contribution in [2.24, 2.45) is 0 Å². The van der Waals surface area contributed by atoms with E-state index in [1.165, 1.54) is 13.2 Å². The maximum atomic E-state index is 11.8. The Labute approximate surface area is 148 Å². The summed E-state index contributed by atoms with van der Waals surface area (Å²) in [6.07, 6.45) is 1.39. The number of hydrogen-bond acceptors (Lipinski definition) is 7. The van der Waals surface area contributed by atoms with Crippen LogP contribution in [0.3, 0.4) is 0 Å². The topological polar surface area (TPSA) is 91.3 Å². The highest BCUT2D eigenvalue weighted by molar-refractivity contribution is 7.89. The molecule has 1 aliphatic heterocycles. The third-order valence-corrected chi connectivity index (χ3v) is 5.58. The molecule has 0 bridgehead atoms. The summed E-state index contributed by atoms with van der Waals surface area (Å²) in [7, 11) is -2.06. The molecule has 25 heavy (non-hydrogen) atoms. The van der Waals surface area contributed by atoms with Gasteiger partial charge in [0.1, 0.15) is 22.4 Å². The van der Waals surface area contributed by atoms with Crippen molar-refractivity contribution >= 4 is 21.7 Å². The lowest BCUT2D eigenvalue weighted by molar-refractivity contribution is 0.587. The van der Waals surface area contributed by atoms with Gasteiger partial charge in [-0.1, -0.05) is 0 Å². The highest BCUT2D eigenvalue weighted by Gasteiger charge is 2.20. The molecule has 134 valence electrons. The van der Waals surface area contributed by atoms with Crippen molar-refractivity contribution < 1.29 is 8.42 Å². The van der Waals surface area contributed by atoms with Crippen LogP contribution >= 0.6 is 0 Å². The Kier molecular flexibility index (Phi) is 4.87. The summed E-state index contributed by atoms with van der Waals surface area (Å²) in [5.41, 5.74) is 0.966. The smallest absolute Gasteiger partial charge is 0.241 e. The van der Waals surface area contributed by atoms with E-state index in [1.807, 2.05) is 19.9 Å². The Hall–Kier alpha value is -2.26. The lowest BCUT2D eigenvalue weighted by Crippen LogP contribution is -2.47. The summed E-state index contributed by atoms with van der Waals surface area (Å²) in [4.78, 5) is 17.7. The van der Waals surface area contributed by atoms with Crippen LogP contribution in [0.4, 0.5) is 11.6 Å². The SMILES string of the molecule is CNS(=O)(=O)c1ccc(N2CCN(c3cc(C)nc(C)n3)CC2)nc1. The molecular formula is C16H22N6O2S. The lowest BCUT2D eigenvalue weighted by atomic mass is 10.3. The van der Waals surface area contributed by atoms with E-state index in [9.17, 15) is 8.42 Å². The molecule has 2 aromatic rings. The van der Waals surface area contributed by atoms with Crippen LogP contribution in [0.1, 0.15) is 11.5 Å². The molecule has 1 N–H and O–H groups in total. The molecule has 8 nitrogen and oxygen atoms in total. The third-order valence-electron chi connectivity index (χ3n) is 4.18. The standard InChI is InChI=1S/C16H22N6O2S/c1-12-10-16(20-13(2)19-12)22-8-6-21(7-9-22)15-5-4-14(11-18-15)25(23,24)17-3/h4-5,10-11,17H,6-9H2,1-3H3. The van der Waals surface area contributed by atoms with Gasteiger partial charge in [0.05, 0.1) is 0 Å². The summed E-state index contributed by atoms with van der Waals surface area (Å²) in [5.74, 6) is 2.51. The summed E-state index contributed by atoms with van der Waals surface area (Å²) < 4.78 is 25.8. The Morgan fingerprint density at radius 1 is 1.00 bits per heavy atom. The van der Waals surface area contributed by atoms with E-state index in [1.54, 1.807) is 12.1 Å². The van der Waals surface area contributed by atoms with Crippen LogP contribution in [-0.4, -0.2) is 56.6 Å². The van der Waals surface area contributed by atoms with Crippen molar-refractivity contribution in [3.8, 4) is 0 Å². The zero-order valence-electron chi connectivity index (χ0n) is 14.6. The van der Waals surface area contributed by atoms with Crippen LogP contribution in [0.5, 0.6) is 0 Å². The summed E-state index contributed by atoms with van der Waals surface area (Å²) in [5, 5.41) is 0. The highest BCUT2D eigenvalue weighted by atomic mass is 32.2. The van der Waals surface area contributed by atoms with Gasteiger partial charge in [-0.05, 0) is 33.0 Å². The van der Waals surface area contributed by atoms with Crippen LogP contribution in [0.15, 0.2) is 29.3 Å². The number of nitrogens with one attached hydrogen (secondary N) is 1. The van der Waals surface area contributed by atoms with Gasteiger partial charge < -0.3 is 9.80 Å². The van der Waals surface area contributed by atoms with E-state index in [0.29, 0.717) is 0 Å². The van der Waals surface area contributed by atoms with Crippen molar-refractivity contribution in [1.82, 2.24) is 19.7 Å². The second kappa shape index (κ2) is 6.93. The van der Waals surface area contributed by atoms with Gasteiger partial charge in [0, 0.05) is 44.1 Å². The largest absolute Gasteiger partial charge is 0.353 e. The number of aromatic nitrogens is 3. The molecule has 0 unspecified atom stereocenters. The van der Waals surface area contributed by atoms with E-state index in [2.05, 4.69) is 29.5 Å². The molecule has 3 heterocycles. The van der Waals surface area contributed by atoms with Gasteiger partial charge in [0.25, 0.3) is 0 Å². The normalized spacial score (nSPS) is 15.5. The summed E-state index contributed by atoms with van der Waals surface area (Å²) >= 11 is 0. The van der Waals surface area contributed by atoms with E-state index in [-0.39, 0.29) is 4.90 Å². The van der Waals surface area contributed by atoms with Crippen LogP contribution in [0.2, 0.25) is 0 Å². The predicted octanol–water partition coefficient (Wildman–Crippen LogP) is 0.723. The van der Waals surface area contributed by atoms with Crippen LogP contribution in [-0.2, 0) is 10.0 Å². The van der Waals surface area contributed by atoms with Gasteiger partial charge in [-0.2, -0.15) is 0 Å². The average Bonchev–Trinajstić information content (AvgIpc) is 2.61. The summed E-state index contributed by atoms with van der Waals surface area (Å²) in [6.45, 7) is 7.12. The van der Waals surface area contributed by atoms with Crippen LogP contribution in [0, 0.1) is 13.8 Å². The molecule has 9 heteroatoms. The zero-order valence-corrected chi connectivity index (χ0v) is 15.4. The first-order valence-electron chi connectivity index (χ1n) is 8.11. The first-order valence-corrected chi connectivity index (χ1v) is 9.59. The molecule has 2 aromatic heterocycles. The molecule has 0 atom stereocenters. The van der Waals surface area contributed by atoms with Gasteiger partial charge in [0.15, 0.2) is 0 Å². The first-order chi connectivity index (χ1) is 11.9. The second-order valence-corrected chi connectivity index (χ2v) is 7.84. The number of pyridine rings is 1. The van der Waals surface area contributed by atoms with Gasteiger partial charge in [-0.3, -0.25) is 0 Å². The Morgan fingerprint density at radius 3 is 2.16 bits per heavy atom. The molecule has 0 saturated carbocycles. The Morgan fingerprint density at radius 2 is 1.64 bits per heavy atom. The van der Waals surface area contributed by atoms with E-state index in [0.717, 1.165) is 49.3 Å². The minimum atomic E-state index is -3.45. The van der Waals surface area contributed by atoms with E-state index < -0.39 is 10.0 Å². The van der Waals surface area contributed by atoms with E-state index in [4.69, 9.17) is 0 Å². The van der Waals surface area contributed by atoms with Crippen molar-refractivity contribution in [3.63, 3.8) is 0 Å². The van der Waals surface area contributed by atoms with Crippen LogP contribution in [0.25, 0.3) is 0 Å². The minimum absolute atomic E-state index is 0.171. The number of sulfonamides is 1. The first kappa shape index (κ1) is 17.6. The van der Waals surface area contributed by atoms with Gasteiger partial charge in [0.2, 0.25) is 10.0 Å². The van der Waals surface area contributed by atoms with Gasteiger partial charge >= 0.3 is 0 Å². The van der Waals surface area contributed by atoms with Crippen molar-refractivity contribution in [2.45, 2.75) is 18.7 Å². The predicted molar refractivity (Wildman–Crippen MR) is 96.4 cm³/mol. The number of rotatable bonds is 4. The molecule has 0 aliphatic carbocycles. The summed E-state index contributed by atoms with van der Waals surface area (Å²) in [6, 6.07) is 5.33. The molecule has 0 spiro atoms. The number of nitrogens with zero attached hydrogens (tertiary/aromatic N) is 5. The quantitative estimate of drug-likeness (QED) is 0.857. The molecule has 0 radical (unpaired) electrons. The third kappa shape index (κ3) is 3.88. The van der Waals surface area contributed by atoms with Gasteiger partial charge in [-0.15, -0.1) is 0 Å². The zero-order chi connectivity index (χ0) is 18.0. The number of anilines is 2. The van der Waals surface area contributed by atoms with E-state index >= 15 is 0 Å². The molecule has 1 aliphatic rings. The number of hydrogen-bond donors (Lipinski definition) is 1. The molecule has 1 fully saturated rings. The maximum absolute atomic E-state index is 11.8. The molecule has 1 saturated heterocycles. The molecule has 3 rings (SSSR count). The van der Waals surface area contributed by atoms with Crippen molar-refractivity contribution in [2.75, 3.05) is 43.0 Å². The molecular weight excluding hydrogens is 340 g/mol. The lowest BCUT2D eigenvalue weighted by Gasteiger charge is -2.36. The van der Waals surface area contributed by atoms with Crippen LogP contribution < -0.4 is 14.5 Å². The minimum Gasteiger partial charge on any atom is -0.353 e. The Balaban J connectivity index is 1.68. The Bertz CT molecular complexity index is 825. The fourth-order valence-electron chi connectivity index (χ4n) is 2.86. The maximum Gasteiger partial charge on any atom is 0.241 e. The van der Waals surface area contributed by atoms with Crippen molar-refractivity contribution in [1.29, 1.82) is 0 Å². The van der Waals surface area contributed by atoms with Gasteiger partial charge in [-0.25, -0.2) is 28.1 Å². The second-order valence-electron chi connectivity index (χ2n) is 5.95. The fraction of sp³-hybridized carbons (Fsp3) is 0.438. The highest BCUT2D eigenvalue weighted by Crippen LogP contribution is 2.19. The molecule has 0 amide bonds. The number of aryl methyl sites for hydroxylation is 2. The fourth-order valence-corrected chi connectivity index (χ4v) is 3.53. The van der Waals surface area contributed by atoms with Crippen molar-refractivity contribution in [3.05, 3.63) is 35.9 Å².